The van der Waals surface area contributed by atoms with Gasteiger partial charge in [-0.05, 0) is 18.1 Å². The number of benzene rings is 1. The molecule has 1 aromatic carbocycles. The predicted octanol–water partition coefficient (Wildman–Crippen LogP) is 2.68. The number of nitrogens with zero attached hydrogens (tertiary/aromatic N) is 3. The number of hydrogen-bond donors (Lipinski definition) is 1. The Bertz CT molecular complexity index is 648. The van der Waals surface area contributed by atoms with E-state index in [1.807, 2.05) is 18.2 Å². The van der Waals surface area contributed by atoms with Crippen LogP contribution in [-0.4, -0.2) is 33.9 Å². The van der Waals surface area contributed by atoms with Crippen LogP contribution in [0.15, 0.2) is 48.7 Å². The van der Waals surface area contributed by atoms with Gasteiger partial charge in [-0.2, -0.15) is 0 Å². The zero-order chi connectivity index (χ0) is 15.4. The summed E-state index contributed by atoms with van der Waals surface area (Å²) in [4.78, 5) is 17.1. The van der Waals surface area contributed by atoms with Crippen LogP contribution in [0.4, 0.5) is 11.5 Å². The molecule has 2 heterocycles. The molecule has 1 aromatic heterocycles. The molecule has 2 aromatic rings. The smallest absolute Gasteiger partial charge is 0.311 e. The Hall–Kier alpha value is -2.47. The molecular formula is C16H18N4O2. The van der Waals surface area contributed by atoms with Crippen molar-refractivity contribution in [3.63, 3.8) is 0 Å². The minimum atomic E-state index is -0.397. The fraction of sp³-hybridized carbons (Fsp3) is 0.312. The third-order valence-corrected chi connectivity index (χ3v) is 3.85. The van der Waals surface area contributed by atoms with E-state index in [2.05, 4.69) is 27.3 Å². The molecule has 1 fully saturated rings. The second kappa shape index (κ2) is 6.53. The summed E-state index contributed by atoms with van der Waals surface area (Å²) in [6, 6.07) is 13.6. The SMILES string of the molecule is O=[N+]([O-])c1cccnc1N[C@@H]1CCN(Cc2ccccc2)C1. The van der Waals surface area contributed by atoms with E-state index in [0.29, 0.717) is 5.82 Å². The molecule has 1 aliphatic heterocycles. The molecule has 3 rings (SSSR count). The maximum atomic E-state index is 11.0. The number of rotatable bonds is 5. The van der Waals surface area contributed by atoms with E-state index in [-0.39, 0.29) is 11.7 Å². The highest BCUT2D eigenvalue weighted by Gasteiger charge is 2.25. The van der Waals surface area contributed by atoms with E-state index < -0.39 is 4.92 Å². The van der Waals surface area contributed by atoms with Crippen LogP contribution in [0.5, 0.6) is 0 Å². The van der Waals surface area contributed by atoms with Crippen LogP contribution >= 0.6 is 0 Å². The molecule has 6 nitrogen and oxygen atoms in total. The normalized spacial score (nSPS) is 18.3. The first-order valence-corrected chi connectivity index (χ1v) is 7.34. The van der Waals surface area contributed by atoms with E-state index in [9.17, 15) is 10.1 Å². The van der Waals surface area contributed by atoms with E-state index in [4.69, 9.17) is 0 Å². The molecule has 0 saturated carbocycles. The molecule has 0 amide bonds. The number of hydrogen-bond acceptors (Lipinski definition) is 5. The molecule has 0 spiro atoms. The largest absolute Gasteiger partial charge is 0.360 e. The standard InChI is InChI=1S/C16H18N4O2/c21-20(22)15-7-4-9-17-16(15)18-14-8-10-19(12-14)11-13-5-2-1-3-6-13/h1-7,9,14H,8,10-12H2,(H,17,18)/t14-/m1/s1. The quantitative estimate of drug-likeness (QED) is 0.679. The molecule has 1 saturated heterocycles. The van der Waals surface area contributed by atoms with Gasteiger partial charge in [0, 0.05) is 37.9 Å². The lowest BCUT2D eigenvalue weighted by molar-refractivity contribution is -0.384. The lowest BCUT2D eigenvalue weighted by atomic mass is 10.2. The number of nitrogens with one attached hydrogen (secondary N) is 1. The lowest BCUT2D eigenvalue weighted by Gasteiger charge is -2.17. The van der Waals surface area contributed by atoms with Gasteiger partial charge in [0.2, 0.25) is 5.82 Å². The number of likely N-dealkylation sites (tertiary alicyclic amines) is 1. The molecule has 1 N–H and O–H groups in total. The average Bonchev–Trinajstić information content (AvgIpc) is 2.96. The van der Waals surface area contributed by atoms with Crippen molar-refractivity contribution in [1.82, 2.24) is 9.88 Å². The summed E-state index contributed by atoms with van der Waals surface area (Å²) in [5, 5.41) is 14.2. The third-order valence-electron chi connectivity index (χ3n) is 3.85. The van der Waals surface area contributed by atoms with Crippen LogP contribution in [0, 0.1) is 10.1 Å². The molecule has 114 valence electrons. The number of nitro groups is 1. The van der Waals surface area contributed by atoms with Crippen molar-refractivity contribution < 1.29 is 4.92 Å². The van der Waals surface area contributed by atoms with Gasteiger partial charge in [-0.1, -0.05) is 30.3 Å². The Balaban J connectivity index is 1.61. The third kappa shape index (κ3) is 3.40. The second-order valence-corrected chi connectivity index (χ2v) is 5.48. The van der Waals surface area contributed by atoms with Crippen molar-refractivity contribution in [3.05, 3.63) is 64.3 Å². The molecular weight excluding hydrogens is 280 g/mol. The van der Waals surface area contributed by atoms with Gasteiger partial charge in [0.15, 0.2) is 0 Å². The summed E-state index contributed by atoms with van der Waals surface area (Å²) >= 11 is 0. The predicted molar refractivity (Wildman–Crippen MR) is 84.6 cm³/mol. The fourth-order valence-electron chi connectivity index (χ4n) is 2.78. The average molecular weight is 298 g/mol. The van der Waals surface area contributed by atoms with Gasteiger partial charge in [-0.3, -0.25) is 15.0 Å². The highest BCUT2D eigenvalue weighted by atomic mass is 16.6. The van der Waals surface area contributed by atoms with E-state index in [1.54, 1.807) is 12.3 Å². The molecule has 1 atom stereocenters. The summed E-state index contributed by atoms with van der Waals surface area (Å²) in [6.45, 7) is 2.75. The number of anilines is 1. The Morgan fingerprint density at radius 3 is 2.86 bits per heavy atom. The van der Waals surface area contributed by atoms with E-state index in [1.165, 1.54) is 11.6 Å². The van der Waals surface area contributed by atoms with Gasteiger partial charge in [-0.25, -0.2) is 4.98 Å². The van der Waals surface area contributed by atoms with Gasteiger partial charge in [0.05, 0.1) is 4.92 Å². The van der Waals surface area contributed by atoms with Gasteiger partial charge in [-0.15, -0.1) is 0 Å². The van der Waals surface area contributed by atoms with E-state index in [0.717, 1.165) is 26.1 Å². The monoisotopic (exact) mass is 298 g/mol. The molecule has 0 aliphatic carbocycles. The fourth-order valence-corrected chi connectivity index (χ4v) is 2.78. The van der Waals surface area contributed by atoms with Gasteiger partial charge < -0.3 is 5.32 Å². The zero-order valence-corrected chi connectivity index (χ0v) is 12.2. The summed E-state index contributed by atoms with van der Waals surface area (Å²) in [7, 11) is 0. The molecule has 0 unspecified atom stereocenters. The Labute approximate surface area is 128 Å². The van der Waals surface area contributed by atoms with Crippen molar-refractivity contribution in [2.75, 3.05) is 18.4 Å². The topological polar surface area (TPSA) is 71.3 Å². The van der Waals surface area contributed by atoms with Crippen molar-refractivity contribution in [2.24, 2.45) is 0 Å². The molecule has 0 bridgehead atoms. The van der Waals surface area contributed by atoms with E-state index >= 15 is 0 Å². The van der Waals surface area contributed by atoms with Crippen LogP contribution in [0.3, 0.4) is 0 Å². The molecule has 1 aliphatic rings. The van der Waals surface area contributed by atoms with Crippen LogP contribution in [0.2, 0.25) is 0 Å². The molecule has 22 heavy (non-hydrogen) atoms. The van der Waals surface area contributed by atoms with Gasteiger partial charge in [0.1, 0.15) is 0 Å². The van der Waals surface area contributed by atoms with Gasteiger partial charge >= 0.3 is 5.69 Å². The first-order valence-electron chi connectivity index (χ1n) is 7.34. The van der Waals surface area contributed by atoms with Crippen LogP contribution < -0.4 is 5.32 Å². The van der Waals surface area contributed by atoms with Crippen molar-refractivity contribution in [2.45, 2.75) is 19.0 Å². The van der Waals surface area contributed by atoms with Crippen molar-refractivity contribution in [1.29, 1.82) is 0 Å². The maximum Gasteiger partial charge on any atom is 0.311 e. The van der Waals surface area contributed by atoms with Crippen LogP contribution in [0.25, 0.3) is 0 Å². The van der Waals surface area contributed by atoms with Crippen molar-refractivity contribution >= 4 is 11.5 Å². The minimum absolute atomic E-state index is 0.0315. The van der Waals surface area contributed by atoms with Crippen LogP contribution in [0.1, 0.15) is 12.0 Å². The number of pyridine rings is 1. The maximum absolute atomic E-state index is 11.0. The first kappa shape index (κ1) is 14.5. The van der Waals surface area contributed by atoms with Gasteiger partial charge in [0.25, 0.3) is 0 Å². The number of aromatic nitrogens is 1. The zero-order valence-electron chi connectivity index (χ0n) is 12.2. The van der Waals surface area contributed by atoms with Crippen LogP contribution in [-0.2, 0) is 6.54 Å². The Morgan fingerprint density at radius 1 is 1.27 bits per heavy atom. The first-order chi connectivity index (χ1) is 10.7. The highest BCUT2D eigenvalue weighted by Crippen LogP contribution is 2.23. The van der Waals surface area contributed by atoms with Crippen molar-refractivity contribution in [3.8, 4) is 0 Å². The minimum Gasteiger partial charge on any atom is -0.360 e. The lowest BCUT2D eigenvalue weighted by Crippen LogP contribution is -2.26. The summed E-state index contributed by atoms with van der Waals surface area (Å²) in [6.07, 6.45) is 2.53. The molecule has 6 heteroatoms. The highest BCUT2D eigenvalue weighted by molar-refractivity contribution is 5.55. The Kier molecular flexibility index (Phi) is 4.29. The summed E-state index contributed by atoms with van der Waals surface area (Å²) in [5.74, 6) is 0.360. The summed E-state index contributed by atoms with van der Waals surface area (Å²) in [5.41, 5.74) is 1.32. The summed E-state index contributed by atoms with van der Waals surface area (Å²) < 4.78 is 0. The second-order valence-electron chi connectivity index (χ2n) is 5.48. The molecule has 0 radical (unpaired) electrons. The Morgan fingerprint density at radius 2 is 2.09 bits per heavy atom.